The van der Waals surface area contributed by atoms with Gasteiger partial charge in [-0.3, -0.25) is 4.79 Å². The fraction of sp³-hybridized carbons (Fsp3) is 0.409. The average Bonchev–Trinajstić information content (AvgIpc) is 2.74. The number of rotatable bonds is 6. The molecule has 3 rings (SSSR count). The standard InChI is InChI=1S/C22H28N4O3/c1-3-29-22(28)26-12-10-18(11-13-26)25-21(27)20-9-8-19(15-24-20)23-14-17-7-5-4-6-16(17)2/h4-9,15,18,23H,3,10-14H2,1-2H3,(H,25,27). The van der Waals surface area contributed by atoms with Gasteiger partial charge in [0.2, 0.25) is 0 Å². The molecule has 0 atom stereocenters. The molecule has 7 heteroatoms. The van der Waals surface area contributed by atoms with Gasteiger partial charge in [0.15, 0.2) is 0 Å². The first-order chi connectivity index (χ1) is 14.1. The second kappa shape index (κ2) is 9.91. The number of aromatic nitrogens is 1. The lowest BCUT2D eigenvalue weighted by molar-refractivity contribution is 0.0856. The second-order valence-electron chi connectivity index (χ2n) is 7.15. The lowest BCUT2D eigenvalue weighted by Gasteiger charge is -2.31. The van der Waals surface area contributed by atoms with Crippen LogP contribution in [0, 0.1) is 6.92 Å². The Morgan fingerprint density at radius 1 is 1.17 bits per heavy atom. The van der Waals surface area contributed by atoms with Crippen LogP contribution in [0.4, 0.5) is 10.5 Å². The molecule has 2 amide bonds. The normalized spacial score (nSPS) is 14.3. The van der Waals surface area contributed by atoms with Crippen molar-refractivity contribution in [2.24, 2.45) is 0 Å². The van der Waals surface area contributed by atoms with E-state index in [9.17, 15) is 9.59 Å². The first-order valence-corrected chi connectivity index (χ1v) is 10.0. The van der Waals surface area contributed by atoms with Crippen molar-refractivity contribution in [1.29, 1.82) is 0 Å². The number of aryl methyl sites for hydroxylation is 1. The van der Waals surface area contributed by atoms with Gasteiger partial charge in [0.05, 0.1) is 18.5 Å². The molecule has 29 heavy (non-hydrogen) atoms. The Morgan fingerprint density at radius 2 is 1.93 bits per heavy atom. The van der Waals surface area contributed by atoms with Crippen molar-refractivity contribution in [3.63, 3.8) is 0 Å². The molecule has 2 aromatic rings. The molecule has 154 valence electrons. The SMILES string of the molecule is CCOC(=O)N1CCC(NC(=O)c2ccc(NCc3ccccc3C)cn2)CC1. The topological polar surface area (TPSA) is 83.6 Å². The molecule has 2 N–H and O–H groups in total. The number of amides is 2. The first-order valence-electron chi connectivity index (χ1n) is 10.0. The summed E-state index contributed by atoms with van der Waals surface area (Å²) in [6.07, 6.45) is 2.81. The molecule has 0 spiro atoms. The van der Waals surface area contributed by atoms with Gasteiger partial charge < -0.3 is 20.3 Å². The van der Waals surface area contributed by atoms with Gasteiger partial charge >= 0.3 is 6.09 Å². The number of carbonyl (C=O) groups excluding carboxylic acids is 2. The van der Waals surface area contributed by atoms with Crippen LogP contribution in [0.15, 0.2) is 42.6 Å². The number of benzene rings is 1. The minimum atomic E-state index is -0.285. The van der Waals surface area contributed by atoms with E-state index in [1.54, 1.807) is 24.1 Å². The number of carbonyl (C=O) groups is 2. The van der Waals surface area contributed by atoms with E-state index in [0.717, 1.165) is 5.69 Å². The zero-order chi connectivity index (χ0) is 20.6. The number of hydrogen-bond donors (Lipinski definition) is 2. The van der Waals surface area contributed by atoms with E-state index in [-0.39, 0.29) is 18.0 Å². The monoisotopic (exact) mass is 396 g/mol. The summed E-state index contributed by atoms with van der Waals surface area (Å²) in [5, 5.41) is 6.34. The minimum absolute atomic E-state index is 0.0360. The number of nitrogens with zero attached hydrogens (tertiary/aromatic N) is 2. The van der Waals surface area contributed by atoms with Crippen molar-refractivity contribution in [3.8, 4) is 0 Å². The zero-order valence-electron chi connectivity index (χ0n) is 17.0. The molecule has 7 nitrogen and oxygen atoms in total. The van der Waals surface area contributed by atoms with E-state index in [1.807, 2.05) is 18.2 Å². The molecule has 0 radical (unpaired) electrons. The molecule has 1 fully saturated rings. The zero-order valence-corrected chi connectivity index (χ0v) is 17.0. The Balaban J connectivity index is 1.47. The van der Waals surface area contributed by atoms with Crippen LogP contribution in [0.1, 0.15) is 41.4 Å². The number of nitrogens with one attached hydrogen (secondary N) is 2. The van der Waals surface area contributed by atoms with E-state index < -0.39 is 0 Å². The molecule has 1 aromatic carbocycles. The third-order valence-electron chi connectivity index (χ3n) is 5.10. The summed E-state index contributed by atoms with van der Waals surface area (Å²) in [5.74, 6) is -0.190. The number of piperidine rings is 1. The maximum Gasteiger partial charge on any atom is 0.409 e. The van der Waals surface area contributed by atoms with E-state index in [1.165, 1.54) is 11.1 Å². The predicted octanol–water partition coefficient (Wildman–Crippen LogP) is 3.35. The number of anilines is 1. The molecule has 0 saturated carbocycles. The Bertz CT molecular complexity index is 830. The van der Waals surface area contributed by atoms with Crippen LogP contribution >= 0.6 is 0 Å². The van der Waals surface area contributed by atoms with Crippen molar-refractivity contribution < 1.29 is 14.3 Å². The summed E-state index contributed by atoms with van der Waals surface area (Å²) in [7, 11) is 0. The van der Waals surface area contributed by atoms with Crippen LogP contribution in [0.25, 0.3) is 0 Å². The van der Waals surface area contributed by atoms with Crippen LogP contribution in [0.2, 0.25) is 0 Å². The molecule has 1 aliphatic heterocycles. The third-order valence-corrected chi connectivity index (χ3v) is 5.10. The summed E-state index contributed by atoms with van der Waals surface area (Å²) in [4.78, 5) is 30.2. The van der Waals surface area contributed by atoms with E-state index in [0.29, 0.717) is 44.8 Å². The molecule has 0 bridgehead atoms. The Morgan fingerprint density at radius 3 is 2.59 bits per heavy atom. The van der Waals surface area contributed by atoms with Crippen molar-refractivity contribution in [3.05, 3.63) is 59.4 Å². The summed E-state index contributed by atoms with van der Waals surface area (Å²) in [6, 6.07) is 11.8. The van der Waals surface area contributed by atoms with Crippen LogP contribution < -0.4 is 10.6 Å². The van der Waals surface area contributed by atoms with Gasteiger partial charge in [-0.25, -0.2) is 9.78 Å². The Kier molecular flexibility index (Phi) is 7.05. The number of pyridine rings is 1. The van der Waals surface area contributed by atoms with E-state index in [4.69, 9.17) is 4.74 Å². The quantitative estimate of drug-likeness (QED) is 0.782. The van der Waals surface area contributed by atoms with Crippen molar-refractivity contribution in [1.82, 2.24) is 15.2 Å². The van der Waals surface area contributed by atoms with Crippen LogP contribution in [-0.2, 0) is 11.3 Å². The van der Waals surface area contributed by atoms with Crippen LogP contribution in [0.3, 0.4) is 0 Å². The van der Waals surface area contributed by atoms with Gasteiger partial charge in [-0.15, -0.1) is 0 Å². The van der Waals surface area contributed by atoms with Crippen molar-refractivity contribution in [2.45, 2.75) is 39.3 Å². The highest BCUT2D eigenvalue weighted by Crippen LogP contribution is 2.14. The smallest absolute Gasteiger partial charge is 0.409 e. The molecule has 1 aliphatic rings. The fourth-order valence-corrected chi connectivity index (χ4v) is 3.32. The van der Waals surface area contributed by atoms with Gasteiger partial charge in [-0.05, 0) is 49.9 Å². The van der Waals surface area contributed by atoms with Crippen LogP contribution in [0.5, 0.6) is 0 Å². The van der Waals surface area contributed by atoms with Crippen molar-refractivity contribution >= 4 is 17.7 Å². The molecule has 0 unspecified atom stereocenters. The maximum absolute atomic E-state index is 12.5. The lowest BCUT2D eigenvalue weighted by Crippen LogP contribution is -2.46. The molecule has 0 aliphatic carbocycles. The molecular formula is C22H28N4O3. The van der Waals surface area contributed by atoms with Gasteiger partial charge in [-0.2, -0.15) is 0 Å². The first kappa shape index (κ1) is 20.6. The highest BCUT2D eigenvalue weighted by Gasteiger charge is 2.25. The number of likely N-dealkylation sites (tertiary alicyclic amines) is 1. The van der Waals surface area contributed by atoms with Gasteiger partial charge in [0.1, 0.15) is 5.69 Å². The summed E-state index contributed by atoms with van der Waals surface area (Å²) in [5.41, 5.74) is 3.72. The third kappa shape index (κ3) is 5.70. The van der Waals surface area contributed by atoms with Crippen LogP contribution in [-0.4, -0.2) is 47.6 Å². The molecule has 1 saturated heterocycles. The lowest BCUT2D eigenvalue weighted by atomic mass is 10.1. The predicted molar refractivity (Wildman–Crippen MR) is 112 cm³/mol. The molecule has 2 heterocycles. The summed E-state index contributed by atoms with van der Waals surface area (Å²) >= 11 is 0. The molecule has 1 aromatic heterocycles. The highest BCUT2D eigenvalue weighted by molar-refractivity contribution is 5.92. The molecular weight excluding hydrogens is 368 g/mol. The fourth-order valence-electron chi connectivity index (χ4n) is 3.32. The number of hydrogen-bond acceptors (Lipinski definition) is 5. The number of ether oxygens (including phenoxy) is 1. The summed E-state index contributed by atoms with van der Waals surface area (Å²) in [6.45, 7) is 6.12. The van der Waals surface area contributed by atoms with E-state index >= 15 is 0 Å². The van der Waals surface area contributed by atoms with Gasteiger partial charge in [0, 0.05) is 25.7 Å². The highest BCUT2D eigenvalue weighted by atomic mass is 16.6. The average molecular weight is 396 g/mol. The van der Waals surface area contributed by atoms with E-state index in [2.05, 4.69) is 34.7 Å². The van der Waals surface area contributed by atoms with Gasteiger partial charge in [0.25, 0.3) is 5.91 Å². The largest absolute Gasteiger partial charge is 0.450 e. The Labute approximate surface area is 171 Å². The van der Waals surface area contributed by atoms with Gasteiger partial charge in [-0.1, -0.05) is 24.3 Å². The Hall–Kier alpha value is -3.09. The summed E-state index contributed by atoms with van der Waals surface area (Å²) < 4.78 is 5.02. The van der Waals surface area contributed by atoms with Crippen molar-refractivity contribution in [2.75, 3.05) is 25.0 Å². The second-order valence-corrected chi connectivity index (χ2v) is 7.15. The maximum atomic E-state index is 12.5. The minimum Gasteiger partial charge on any atom is -0.450 e.